The molecule has 1 saturated heterocycles. The first kappa shape index (κ1) is 12.8. The topological polar surface area (TPSA) is 32.3 Å². The van der Waals surface area contributed by atoms with E-state index in [4.69, 9.17) is 0 Å². The number of piperazine rings is 1. The highest BCUT2D eigenvalue weighted by Crippen LogP contribution is 2.33. The first-order chi connectivity index (χ1) is 7.99. The van der Waals surface area contributed by atoms with E-state index < -0.39 is 0 Å². The van der Waals surface area contributed by atoms with Crippen molar-refractivity contribution in [1.29, 1.82) is 0 Å². The van der Waals surface area contributed by atoms with Gasteiger partial charge in [-0.25, -0.2) is 0 Å². The number of carbonyl (C=O) groups is 1. The molecule has 2 aliphatic rings. The average Bonchev–Trinajstić information content (AvgIpc) is 2.33. The molecule has 0 radical (unpaired) electrons. The van der Waals surface area contributed by atoms with Gasteiger partial charge in [0.1, 0.15) is 0 Å². The summed E-state index contributed by atoms with van der Waals surface area (Å²) < 4.78 is 0. The highest BCUT2D eigenvalue weighted by Gasteiger charge is 2.31. The zero-order chi connectivity index (χ0) is 12.5. The van der Waals surface area contributed by atoms with Crippen LogP contribution >= 0.6 is 0 Å². The predicted molar refractivity (Wildman–Crippen MR) is 70.0 cm³/mol. The van der Waals surface area contributed by atoms with Gasteiger partial charge < -0.3 is 5.32 Å². The molecule has 0 spiro atoms. The van der Waals surface area contributed by atoms with E-state index >= 15 is 0 Å². The third-order valence-corrected chi connectivity index (χ3v) is 4.01. The number of ketones is 1. The summed E-state index contributed by atoms with van der Waals surface area (Å²) >= 11 is 0. The smallest absolute Gasteiger partial charge is 0.160 e. The van der Waals surface area contributed by atoms with Crippen molar-refractivity contribution in [2.45, 2.75) is 39.7 Å². The Kier molecular flexibility index (Phi) is 3.69. The largest absolute Gasteiger partial charge is 0.314 e. The lowest BCUT2D eigenvalue weighted by Crippen LogP contribution is -2.49. The lowest BCUT2D eigenvalue weighted by molar-refractivity contribution is -0.117. The second-order valence-corrected chi connectivity index (χ2v) is 5.97. The van der Waals surface area contributed by atoms with Gasteiger partial charge in [0, 0.05) is 44.2 Å². The molecule has 3 heteroatoms. The molecule has 1 aliphatic heterocycles. The minimum atomic E-state index is 0.186. The van der Waals surface area contributed by atoms with Crippen molar-refractivity contribution in [1.82, 2.24) is 10.2 Å². The lowest BCUT2D eigenvalue weighted by atomic mass is 9.77. The van der Waals surface area contributed by atoms with Crippen molar-refractivity contribution in [3.63, 3.8) is 0 Å². The Morgan fingerprint density at radius 1 is 1.35 bits per heavy atom. The van der Waals surface area contributed by atoms with Crippen molar-refractivity contribution >= 4 is 5.78 Å². The van der Waals surface area contributed by atoms with Crippen LogP contribution in [0.3, 0.4) is 0 Å². The summed E-state index contributed by atoms with van der Waals surface area (Å²) in [4.78, 5) is 14.5. The molecule has 1 heterocycles. The molecule has 0 aromatic rings. The molecule has 1 aliphatic carbocycles. The van der Waals surface area contributed by atoms with E-state index in [1.54, 1.807) is 0 Å². The third kappa shape index (κ3) is 2.96. The SMILES string of the molecule is CC(C1=CC(C)(C)CCC1=O)N1CCNCC1. The number of nitrogens with one attached hydrogen (secondary N) is 1. The van der Waals surface area contributed by atoms with Gasteiger partial charge in [0.2, 0.25) is 0 Å². The summed E-state index contributed by atoms with van der Waals surface area (Å²) in [6, 6.07) is 0.282. The van der Waals surface area contributed by atoms with Gasteiger partial charge in [-0.15, -0.1) is 0 Å². The monoisotopic (exact) mass is 236 g/mol. The van der Waals surface area contributed by atoms with Crippen LogP contribution in [0.25, 0.3) is 0 Å². The molecule has 0 aromatic heterocycles. The summed E-state index contributed by atoms with van der Waals surface area (Å²) in [6.07, 6.45) is 3.92. The molecule has 0 aromatic carbocycles. The van der Waals surface area contributed by atoms with Crippen molar-refractivity contribution in [2.24, 2.45) is 5.41 Å². The average molecular weight is 236 g/mol. The summed E-state index contributed by atoms with van der Waals surface area (Å²) in [6.45, 7) is 10.8. The van der Waals surface area contributed by atoms with Gasteiger partial charge in [-0.2, -0.15) is 0 Å². The Bertz CT molecular complexity index is 327. The molecule has 96 valence electrons. The molecule has 1 atom stereocenters. The van der Waals surface area contributed by atoms with Gasteiger partial charge in [-0.05, 0) is 18.8 Å². The normalized spacial score (nSPS) is 27.7. The van der Waals surface area contributed by atoms with Crippen LogP contribution in [0.4, 0.5) is 0 Å². The second-order valence-electron chi connectivity index (χ2n) is 5.97. The highest BCUT2D eigenvalue weighted by atomic mass is 16.1. The summed E-state index contributed by atoms with van der Waals surface area (Å²) in [7, 11) is 0. The van der Waals surface area contributed by atoms with Gasteiger partial charge in [0.25, 0.3) is 0 Å². The Morgan fingerprint density at radius 3 is 2.65 bits per heavy atom. The van der Waals surface area contributed by atoms with Crippen molar-refractivity contribution in [3.05, 3.63) is 11.6 Å². The first-order valence-corrected chi connectivity index (χ1v) is 6.70. The first-order valence-electron chi connectivity index (χ1n) is 6.70. The fourth-order valence-electron chi connectivity index (χ4n) is 2.77. The summed E-state index contributed by atoms with van der Waals surface area (Å²) in [5, 5.41) is 3.35. The Balaban J connectivity index is 2.13. The van der Waals surface area contributed by atoms with Crippen LogP contribution in [0.5, 0.6) is 0 Å². The van der Waals surface area contributed by atoms with Crippen LogP contribution in [-0.4, -0.2) is 42.9 Å². The summed E-state index contributed by atoms with van der Waals surface area (Å²) in [5.41, 5.74) is 1.23. The van der Waals surface area contributed by atoms with Crippen LogP contribution in [0, 0.1) is 5.41 Å². The molecular formula is C14H24N2O. The van der Waals surface area contributed by atoms with E-state index in [-0.39, 0.29) is 11.5 Å². The van der Waals surface area contributed by atoms with E-state index in [0.29, 0.717) is 5.78 Å². The molecule has 2 rings (SSSR count). The van der Waals surface area contributed by atoms with E-state index in [0.717, 1.165) is 44.6 Å². The van der Waals surface area contributed by atoms with Gasteiger partial charge in [0.15, 0.2) is 5.78 Å². The maximum absolute atomic E-state index is 12.1. The van der Waals surface area contributed by atoms with E-state index in [2.05, 4.69) is 37.1 Å². The molecule has 1 unspecified atom stereocenters. The second kappa shape index (κ2) is 4.91. The Hall–Kier alpha value is -0.670. The number of carbonyl (C=O) groups excluding carboxylic acids is 1. The summed E-state index contributed by atoms with van der Waals surface area (Å²) in [5.74, 6) is 0.357. The zero-order valence-corrected chi connectivity index (χ0v) is 11.3. The van der Waals surface area contributed by atoms with E-state index in [9.17, 15) is 4.79 Å². The predicted octanol–water partition coefficient (Wildman–Crippen LogP) is 1.60. The fourth-order valence-corrected chi connectivity index (χ4v) is 2.77. The molecule has 17 heavy (non-hydrogen) atoms. The minimum absolute atomic E-state index is 0.186. The number of allylic oxidation sites excluding steroid dienone is 1. The van der Waals surface area contributed by atoms with Crippen LogP contribution in [-0.2, 0) is 4.79 Å². The van der Waals surface area contributed by atoms with Crippen LogP contribution in [0.15, 0.2) is 11.6 Å². The van der Waals surface area contributed by atoms with Crippen LogP contribution in [0.2, 0.25) is 0 Å². The molecule has 0 bridgehead atoms. The highest BCUT2D eigenvalue weighted by molar-refractivity contribution is 5.97. The van der Waals surface area contributed by atoms with Gasteiger partial charge in [-0.1, -0.05) is 19.9 Å². The van der Waals surface area contributed by atoms with Crippen LogP contribution < -0.4 is 5.32 Å². The molecule has 1 fully saturated rings. The Morgan fingerprint density at radius 2 is 2.00 bits per heavy atom. The van der Waals surface area contributed by atoms with Gasteiger partial charge >= 0.3 is 0 Å². The molecule has 1 N–H and O–H groups in total. The van der Waals surface area contributed by atoms with Crippen molar-refractivity contribution in [2.75, 3.05) is 26.2 Å². The number of nitrogens with zero attached hydrogens (tertiary/aromatic N) is 1. The van der Waals surface area contributed by atoms with Gasteiger partial charge in [0.05, 0.1) is 0 Å². The minimum Gasteiger partial charge on any atom is -0.314 e. The number of hydrogen-bond acceptors (Lipinski definition) is 3. The number of rotatable bonds is 2. The molecular weight excluding hydrogens is 212 g/mol. The quantitative estimate of drug-likeness (QED) is 0.790. The molecule has 0 amide bonds. The maximum Gasteiger partial charge on any atom is 0.160 e. The van der Waals surface area contributed by atoms with Crippen LogP contribution in [0.1, 0.15) is 33.6 Å². The number of hydrogen-bond donors (Lipinski definition) is 1. The molecule has 3 nitrogen and oxygen atoms in total. The third-order valence-electron chi connectivity index (χ3n) is 4.01. The van der Waals surface area contributed by atoms with Crippen molar-refractivity contribution in [3.8, 4) is 0 Å². The number of Topliss-reactive ketones (excluding diaryl/α,β-unsaturated/α-hetero) is 1. The fraction of sp³-hybridized carbons (Fsp3) is 0.786. The Labute approximate surface area is 104 Å². The molecule has 0 saturated carbocycles. The lowest BCUT2D eigenvalue weighted by Gasteiger charge is -2.37. The van der Waals surface area contributed by atoms with E-state index in [1.165, 1.54) is 0 Å². The van der Waals surface area contributed by atoms with E-state index in [1.807, 2.05) is 0 Å². The van der Waals surface area contributed by atoms with Crippen molar-refractivity contribution < 1.29 is 4.79 Å². The zero-order valence-electron chi connectivity index (χ0n) is 11.3. The standard InChI is InChI=1S/C14H24N2O/c1-11(16-8-6-15-7-9-16)12-10-14(2,3)5-4-13(12)17/h10-11,15H,4-9H2,1-3H3. The maximum atomic E-state index is 12.1. The van der Waals surface area contributed by atoms with Gasteiger partial charge in [-0.3, -0.25) is 9.69 Å².